The quantitative estimate of drug-likeness (QED) is 0.602. The molecule has 0 radical (unpaired) electrons. The van der Waals surface area contributed by atoms with Gasteiger partial charge in [0.1, 0.15) is 11.6 Å². The van der Waals surface area contributed by atoms with Crippen LogP contribution < -0.4 is 10.0 Å². The number of hydrogen-bond donors (Lipinski definition) is 2. The second-order valence-corrected chi connectivity index (χ2v) is 8.63. The molecule has 0 unspecified atom stereocenters. The van der Waals surface area contributed by atoms with Gasteiger partial charge in [-0.2, -0.15) is 0 Å². The number of halogens is 2. The Morgan fingerprint density at radius 1 is 0.833 bits per heavy atom. The van der Waals surface area contributed by atoms with E-state index in [-0.39, 0.29) is 16.1 Å². The molecule has 0 fully saturated rings. The van der Waals surface area contributed by atoms with E-state index in [0.29, 0.717) is 17.3 Å². The van der Waals surface area contributed by atoms with Crippen molar-refractivity contribution in [1.82, 2.24) is 0 Å². The molecule has 0 saturated heterocycles. The highest BCUT2D eigenvalue weighted by atomic mass is 32.2. The Morgan fingerprint density at radius 2 is 1.53 bits per heavy atom. The third-order valence-corrected chi connectivity index (χ3v) is 6.06. The summed E-state index contributed by atoms with van der Waals surface area (Å²) in [7, 11) is -3.98. The van der Waals surface area contributed by atoms with Gasteiger partial charge >= 0.3 is 0 Å². The predicted molar refractivity (Wildman–Crippen MR) is 112 cm³/mol. The van der Waals surface area contributed by atoms with Gasteiger partial charge in [0.25, 0.3) is 15.9 Å². The van der Waals surface area contributed by atoms with Crippen LogP contribution in [-0.4, -0.2) is 14.3 Å². The van der Waals surface area contributed by atoms with Crippen molar-refractivity contribution in [3.63, 3.8) is 0 Å². The van der Waals surface area contributed by atoms with Gasteiger partial charge in [-0.3, -0.25) is 9.52 Å². The molecule has 3 rings (SSSR count). The molecule has 0 atom stereocenters. The van der Waals surface area contributed by atoms with Crippen LogP contribution in [0, 0.1) is 32.4 Å². The van der Waals surface area contributed by atoms with Crippen molar-refractivity contribution in [3.8, 4) is 0 Å². The minimum Gasteiger partial charge on any atom is -0.319 e. The maximum atomic E-state index is 13.8. The summed E-state index contributed by atoms with van der Waals surface area (Å²) in [5, 5.41) is 2.32. The number of carbonyl (C=O) groups is 1. The summed E-state index contributed by atoms with van der Waals surface area (Å²) in [6, 6.07) is 12.3. The van der Waals surface area contributed by atoms with Crippen LogP contribution in [0.3, 0.4) is 0 Å². The fourth-order valence-corrected chi connectivity index (χ4v) is 4.26. The van der Waals surface area contributed by atoms with Crippen LogP contribution in [0.15, 0.2) is 59.5 Å². The van der Waals surface area contributed by atoms with E-state index >= 15 is 0 Å². The molecule has 2 N–H and O–H groups in total. The molecule has 1 amide bonds. The van der Waals surface area contributed by atoms with Gasteiger partial charge in [-0.1, -0.05) is 18.2 Å². The Hall–Kier alpha value is -3.26. The number of benzene rings is 3. The summed E-state index contributed by atoms with van der Waals surface area (Å²) >= 11 is 0. The van der Waals surface area contributed by atoms with Crippen LogP contribution in [-0.2, 0) is 10.0 Å². The maximum Gasteiger partial charge on any atom is 0.262 e. The molecule has 3 aromatic rings. The molecule has 156 valence electrons. The van der Waals surface area contributed by atoms with Crippen LogP contribution in [0.5, 0.6) is 0 Å². The molecule has 0 saturated carbocycles. The molecule has 0 spiro atoms. The lowest BCUT2D eigenvalue weighted by Crippen LogP contribution is -2.18. The molecule has 3 aromatic carbocycles. The van der Waals surface area contributed by atoms with Crippen molar-refractivity contribution in [1.29, 1.82) is 0 Å². The number of rotatable bonds is 5. The molecule has 0 aliphatic carbocycles. The van der Waals surface area contributed by atoms with Gasteiger partial charge in [-0.25, -0.2) is 17.2 Å². The van der Waals surface area contributed by atoms with Crippen LogP contribution >= 0.6 is 0 Å². The average molecular weight is 430 g/mol. The molecular formula is C22H20F2N2O3S. The van der Waals surface area contributed by atoms with Gasteiger partial charge in [0.05, 0.1) is 16.3 Å². The van der Waals surface area contributed by atoms with E-state index in [1.807, 2.05) is 13.0 Å². The fourth-order valence-electron chi connectivity index (χ4n) is 2.86. The largest absolute Gasteiger partial charge is 0.319 e. The van der Waals surface area contributed by atoms with Crippen molar-refractivity contribution in [3.05, 3.63) is 88.5 Å². The number of sulfonamides is 1. The standard InChI is InChI=1S/C22H20F2N2O3S/c1-13-4-5-14(2)20(10-13)26-30(28,29)21-11-16(7-6-15(21)3)22(27)25-19-9-8-17(23)12-18(19)24/h4-12,26H,1-3H3,(H,25,27). The van der Waals surface area contributed by atoms with Gasteiger partial charge in [0.15, 0.2) is 0 Å². The number of nitrogens with one attached hydrogen (secondary N) is 2. The second-order valence-electron chi connectivity index (χ2n) is 6.98. The Labute approximate surface area is 173 Å². The van der Waals surface area contributed by atoms with E-state index in [2.05, 4.69) is 10.0 Å². The average Bonchev–Trinajstić information content (AvgIpc) is 2.67. The first-order valence-electron chi connectivity index (χ1n) is 9.04. The number of aryl methyl sites for hydroxylation is 3. The first-order chi connectivity index (χ1) is 14.1. The third kappa shape index (κ3) is 4.65. The van der Waals surface area contributed by atoms with E-state index in [9.17, 15) is 22.0 Å². The minimum absolute atomic E-state index is 0.0191. The number of amides is 1. The van der Waals surface area contributed by atoms with E-state index < -0.39 is 27.6 Å². The van der Waals surface area contributed by atoms with Crippen LogP contribution in [0.1, 0.15) is 27.0 Å². The number of anilines is 2. The van der Waals surface area contributed by atoms with Crippen molar-refractivity contribution < 1.29 is 22.0 Å². The highest BCUT2D eigenvalue weighted by molar-refractivity contribution is 7.92. The molecule has 8 heteroatoms. The summed E-state index contributed by atoms with van der Waals surface area (Å²) in [6.07, 6.45) is 0. The van der Waals surface area contributed by atoms with Crippen LogP contribution in [0.25, 0.3) is 0 Å². The molecule has 0 aliphatic rings. The van der Waals surface area contributed by atoms with Gasteiger partial charge in [0.2, 0.25) is 0 Å². The predicted octanol–water partition coefficient (Wildman–Crippen LogP) is 4.94. The van der Waals surface area contributed by atoms with Gasteiger partial charge in [-0.05, 0) is 67.8 Å². The Balaban J connectivity index is 1.92. The Bertz CT molecular complexity index is 1240. The maximum absolute atomic E-state index is 13.8. The highest BCUT2D eigenvalue weighted by Crippen LogP contribution is 2.24. The molecule has 5 nitrogen and oxygen atoms in total. The second kappa shape index (κ2) is 8.23. The van der Waals surface area contributed by atoms with Gasteiger partial charge in [-0.15, -0.1) is 0 Å². The Morgan fingerprint density at radius 3 is 2.23 bits per heavy atom. The first kappa shape index (κ1) is 21.4. The summed E-state index contributed by atoms with van der Waals surface area (Å²) in [5.74, 6) is -2.42. The zero-order valence-electron chi connectivity index (χ0n) is 16.6. The van der Waals surface area contributed by atoms with Crippen molar-refractivity contribution in [2.75, 3.05) is 10.0 Å². The summed E-state index contributed by atoms with van der Waals surface area (Å²) in [4.78, 5) is 12.4. The van der Waals surface area contributed by atoms with E-state index in [1.54, 1.807) is 26.0 Å². The molecule has 30 heavy (non-hydrogen) atoms. The fraction of sp³-hybridized carbons (Fsp3) is 0.136. The molecule has 0 aromatic heterocycles. The molecule has 0 bridgehead atoms. The van der Waals surface area contributed by atoms with Crippen LogP contribution in [0.2, 0.25) is 0 Å². The Kier molecular flexibility index (Phi) is 5.89. The summed E-state index contributed by atoms with van der Waals surface area (Å²) in [5.41, 5.74) is 2.34. The monoisotopic (exact) mass is 430 g/mol. The lowest BCUT2D eigenvalue weighted by atomic mass is 10.1. The van der Waals surface area contributed by atoms with Crippen molar-refractivity contribution in [2.24, 2.45) is 0 Å². The van der Waals surface area contributed by atoms with E-state index in [0.717, 1.165) is 23.3 Å². The number of hydrogen-bond acceptors (Lipinski definition) is 3. The van der Waals surface area contributed by atoms with Gasteiger partial charge in [0, 0.05) is 11.6 Å². The number of carbonyl (C=O) groups excluding carboxylic acids is 1. The van der Waals surface area contributed by atoms with Crippen molar-refractivity contribution in [2.45, 2.75) is 25.7 Å². The lowest BCUT2D eigenvalue weighted by Gasteiger charge is -2.14. The normalized spacial score (nSPS) is 11.2. The van der Waals surface area contributed by atoms with E-state index in [1.165, 1.54) is 18.2 Å². The molecule has 0 heterocycles. The summed E-state index contributed by atoms with van der Waals surface area (Å²) in [6.45, 7) is 5.24. The topological polar surface area (TPSA) is 75.3 Å². The lowest BCUT2D eigenvalue weighted by molar-refractivity contribution is 0.102. The zero-order valence-corrected chi connectivity index (χ0v) is 17.4. The summed E-state index contributed by atoms with van der Waals surface area (Å²) < 4.78 is 55.3. The van der Waals surface area contributed by atoms with E-state index in [4.69, 9.17) is 0 Å². The van der Waals surface area contributed by atoms with Crippen LogP contribution in [0.4, 0.5) is 20.2 Å². The van der Waals surface area contributed by atoms with Crippen molar-refractivity contribution >= 4 is 27.3 Å². The molecular weight excluding hydrogens is 410 g/mol. The zero-order chi connectivity index (χ0) is 22.1. The smallest absolute Gasteiger partial charge is 0.262 e. The third-order valence-electron chi connectivity index (χ3n) is 4.56. The highest BCUT2D eigenvalue weighted by Gasteiger charge is 2.20. The molecule has 0 aliphatic heterocycles. The SMILES string of the molecule is Cc1ccc(C)c(NS(=O)(=O)c2cc(C(=O)Nc3ccc(F)cc3F)ccc2C)c1. The minimum atomic E-state index is -3.98. The first-order valence-corrected chi connectivity index (χ1v) is 10.5. The van der Waals surface area contributed by atoms with Gasteiger partial charge < -0.3 is 5.32 Å².